The van der Waals surface area contributed by atoms with Gasteiger partial charge < -0.3 is 5.32 Å². The molecular formula is C16H12F2N2O. The van der Waals surface area contributed by atoms with Crippen LogP contribution < -0.4 is 5.32 Å². The van der Waals surface area contributed by atoms with Crippen molar-refractivity contribution in [3.8, 4) is 6.07 Å². The van der Waals surface area contributed by atoms with Gasteiger partial charge in [0.25, 0.3) is 5.91 Å². The predicted molar refractivity (Wildman–Crippen MR) is 73.4 cm³/mol. The zero-order chi connectivity index (χ0) is 15.4. The summed E-state index contributed by atoms with van der Waals surface area (Å²) in [6.45, 7) is 1.56. The van der Waals surface area contributed by atoms with Gasteiger partial charge in [0.15, 0.2) is 0 Å². The lowest BCUT2D eigenvalue weighted by atomic mass is 10.1. The van der Waals surface area contributed by atoms with Crippen LogP contribution in [0.15, 0.2) is 36.4 Å². The number of hydrogen-bond donors (Lipinski definition) is 1. The van der Waals surface area contributed by atoms with E-state index >= 15 is 0 Å². The van der Waals surface area contributed by atoms with Gasteiger partial charge in [0.05, 0.1) is 11.6 Å². The molecule has 0 aliphatic heterocycles. The van der Waals surface area contributed by atoms with E-state index in [0.717, 1.165) is 12.1 Å². The fraction of sp³-hybridized carbons (Fsp3) is 0.125. The normalized spacial score (nSPS) is 10.0. The van der Waals surface area contributed by atoms with Crippen molar-refractivity contribution in [1.82, 2.24) is 5.32 Å². The highest BCUT2D eigenvalue weighted by molar-refractivity contribution is 5.94. The molecule has 0 spiro atoms. The quantitative estimate of drug-likeness (QED) is 0.942. The number of nitrogens with one attached hydrogen (secondary N) is 1. The van der Waals surface area contributed by atoms with Gasteiger partial charge in [-0.1, -0.05) is 12.1 Å². The average Bonchev–Trinajstić information content (AvgIpc) is 2.48. The highest BCUT2D eigenvalue weighted by Gasteiger charge is 2.09. The molecule has 0 saturated heterocycles. The maximum Gasteiger partial charge on any atom is 0.251 e. The van der Waals surface area contributed by atoms with E-state index in [9.17, 15) is 13.6 Å². The van der Waals surface area contributed by atoms with E-state index in [1.165, 1.54) is 24.3 Å². The molecule has 0 bridgehead atoms. The summed E-state index contributed by atoms with van der Waals surface area (Å²) in [6.07, 6.45) is 0. The van der Waals surface area contributed by atoms with Crippen LogP contribution in [0.5, 0.6) is 0 Å². The molecule has 1 amide bonds. The average molecular weight is 286 g/mol. The first-order valence-electron chi connectivity index (χ1n) is 6.24. The van der Waals surface area contributed by atoms with E-state index < -0.39 is 17.5 Å². The molecule has 5 heteroatoms. The Morgan fingerprint density at radius 2 is 1.95 bits per heavy atom. The number of halogens is 2. The van der Waals surface area contributed by atoms with Crippen LogP contribution in [-0.2, 0) is 6.54 Å². The molecule has 0 saturated carbocycles. The Morgan fingerprint density at radius 1 is 1.19 bits per heavy atom. The number of aryl methyl sites for hydroxylation is 1. The van der Waals surface area contributed by atoms with E-state index in [1.54, 1.807) is 6.92 Å². The van der Waals surface area contributed by atoms with Gasteiger partial charge in [-0.2, -0.15) is 5.26 Å². The van der Waals surface area contributed by atoms with Gasteiger partial charge in [-0.15, -0.1) is 0 Å². The molecule has 0 aliphatic carbocycles. The second kappa shape index (κ2) is 6.14. The van der Waals surface area contributed by atoms with Crippen molar-refractivity contribution in [3.63, 3.8) is 0 Å². The summed E-state index contributed by atoms with van der Waals surface area (Å²) in [5.41, 5.74) is 1.09. The Hall–Kier alpha value is -2.74. The molecule has 21 heavy (non-hydrogen) atoms. The molecule has 0 aliphatic rings. The molecule has 3 nitrogen and oxygen atoms in total. The Balaban J connectivity index is 2.07. The van der Waals surface area contributed by atoms with Crippen LogP contribution in [0.4, 0.5) is 8.78 Å². The van der Waals surface area contributed by atoms with Crippen LogP contribution in [0.25, 0.3) is 0 Å². The lowest BCUT2D eigenvalue weighted by molar-refractivity contribution is 0.0950. The second-order valence-electron chi connectivity index (χ2n) is 4.56. The number of hydrogen-bond acceptors (Lipinski definition) is 2. The number of carbonyl (C=O) groups excluding carboxylic acids is 1. The maximum absolute atomic E-state index is 13.6. The van der Waals surface area contributed by atoms with Crippen LogP contribution in [0.1, 0.15) is 27.0 Å². The van der Waals surface area contributed by atoms with Crippen molar-refractivity contribution in [1.29, 1.82) is 5.26 Å². The molecule has 2 aromatic rings. The predicted octanol–water partition coefficient (Wildman–Crippen LogP) is 3.07. The molecule has 0 fully saturated rings. The third-order valence-corrected chi connectivity index (χ3v) is 3.06. The molecule has 0 unspecified atom stereocenters. The first kappa shape index (κ1) is 14.7. The van der Waals surface area contributed by atoms with E-state index in [1.807, 2.05) is 6.07 Å². The largest absolute Gasteiger partial charge is 0.348 e. The van der Waals surface area contributed by atoms with Crippen LogP contribution in [0.3, 0.4) is 0 Å². The van der Waals surface area contributed by atoms with Crippen molar-refractivity contribution in [2.75, 3.05) is 0 Å². The third-order valence-electron chi connectivity index (χ3n) is 3.06. The minimum atomic E-state index is -0.565. The van der Waals surface area contributed by atoms with E-state index in [-0.39, 0.29) is 23.2 Å². The second-order valence-corrected chi connectivity index (χ2v) is 4.56. The Kier molecular flexibility index (Phi) is 4.29. The Morgan fingerprint density at radius 3 is 2.57 bits per heavy atom. The minimum Gasteiger partial charge on any atom is -0.348 e. The molecule has 0 radical (unpaired) electrons. The van der Waals surface area contributed by atoms with Crippen LogP contribution in [0, 0.1) is 29.9 Å². The first-order valence-corrected chi connectivity index (χ1v) is 6.24. The number of nitriles is 1. The zero-order valence-corrected chi connectivity index (χ0v) is 11.3. The fourth-order valence-electron chi connectivity index (χ4n) is 1.77. The molecule has 0 atom stereocenters. The van der Waals surface area contributed by atoms with Gasteiger partial charge in [0.2, 0.25) is 0 Å². The summed E-state index contributed by atoms with van der Waals surface area (Å²) >= 11 is 0. The molecule has 0 heterocycles. The molecule has 106 valence electrons. The smallest absolute Gasteiger partial charge is 0.251 e. The lowest BCUT2D eigenvalue weighted by Gasteiger charge is -2.07. The zero-order valence-electron chi connectivity index (χ0n) is 11.3. The molecular weight excluding hydrogens is 274 g/mol. The van der Waals surface area contributed by atoms with Gasteiger partial charge in [-0.25, -0.2) is 8.78 Å². The summed E-state index contributed by atoms with van der Waals surface area (Å²) in [5, 5.41) is 11.2. The monoisotopic (exact) mass is 286 g/mol. The van der Waals surface area contributed by atoms with Gasteiger partial charge in [0.1, 0.15) is 11.6 Å². The van der Waals surface area contributed by atoms with Crippen molar-refractivity contribution in [3.05, 3.63) is 70.3 Å². The van der Waals surface area contributed by atoms with Gasteiger partial charge in [-0.05, 0) is 36.8 Å². The standard InChI is InChI=1S/C16H12F2N2O/c1-10-2-4-12(7-14(10)17)16(21)20-9-13-5-3-11(8-19)6-15(13)18/h2-7H,9H2,1H3,(H,20,21). The maximum atomic E-state index is 13.6. The van der Waals surface area contributed by atoms with E-state index in [0.29, 0.717) is 5.56 Å². The molecule has 2 aromatic carbocycles. The summed E-state index contributed by atoms with van der Waals surface area (Å²) in [5.74, 6) is -1.52. The molecule has 0 aromatic heterocycles. The van der Waals surface area contributed by atoms with Gasteiger partial charge in [0, 0.05) is 17.7 Å². The summed E-state index contributed by atoms with van der Waals surface area (Å²) < 4.78 is 27.0. The number of nitrogens with zero attached hydrogens (tertiary/aromatic N) is 1. The molecule has 2 rings (SSSR count). The number of rotatable bonds is 3. The summed E-state index contributed by atoms with van der Waals surface area (Å²) in [7, 11) is 0. The third kappa shape index (κ3) is 3.42. The van der Waals surface area contributed by atoms with Crippen molar-refractivity contribution < 1.29 is 13.6 Å². The Labute approximate surface area is 120 Å². The minimum absolute atomic E-state index is 0.0358. The number of benzene rings is 2. The van der Waals surface area contributed by atoms with Gasteiger partial charge in [-0.3, -0.25) is 4.79 Å². The van der Waals surface area contributed by atoms with Crippen LogP contribution in [0.2, 0.25) is 0 Å². The topological polar surface area (TPSA) is 52.9 Å². The SMILES string of the molecule is Cc1ccc(C(=O)NCc2ccc(C#N)cc2F)cc1F. The Bertz CT molecular complexity index is 736. The summed E-state index contributed by atoms with van der Waals surface area (Å²) in [6, 6.07) is 9.98. The highest BCUT2D eigenvalue weighted by Crippen LogP contribution is 2.11. The fourth-order valence-corrected chi connectivity index (χ4v) is 1.77. The molecule has 1 N–H and O–H groups in total. The van der Waals surface area contributed by atoms with Crippen LogP contribution >= 0.6 is 0 Å². The lowest BCUT2D eigenvalue weighted by Crippen LogP contribution is -2.23. The van der Waals surface area contributed by atoms with E-state index in [2.05, 4.69) is 5.32 Å². The van der Waals surface area contributed by atoms with Crippen molar-refractivity contribution >= 4 is 5.91 Å². The van der Waals surface area contributed by atoms with Gasteiger partial charge >= 0.3 is 0 Å². The number of amides is 1. The van der Waals surface area contributed by atoms with E-state index in [4.69, 9.17) is 5.26 Å². The van der Waals surface area contributed by atoms with Crippen molar-refractivity contribution in [2.45, 2.75) is 13.5 Å². The highest BCUT2D eigenvalue weighted by atomic mass is 19.1. The summed E-state index contributed by atoms with van der Waals surface area (Å²) in [4.78, 5) is 11.9. The number of carbonyl (C=O) groups is 1. The van der Waals surface area contributed by atoms with Crippen LogP contribution in [-0.4, -0.2) is 5.91 Å². The van der Waals surface area contributed by atoms with Crippen molar-refractivity contribution in [2.24, 2.45) is 0 Å². The first-order chi connectivity index (χ1) is 10.0.